The van der Waals surface area contributed by atoms with Crippen LogP contribution < -0.4 is 0 Å². The smallest absolute Gasteiger partial charge is 0.207 e. The number of sulfonamides is 1. The second kappa shape index (κ2) is 6.67. The highest BCUT2D eigenvalue weighted by molar-refractivity contribution is 9.10. The Morgan fingerprint density at radius 1 is 1.10 bits per heavy atom. The Balaban J connectivity index is 2.25. The summed E-state index contributed by atoms with van der Waals surface area (Å²) in [4.78, 5) is 0.190. The molecule has 0 aliphatic carbocycles. The van der Waals surface area contributed by atoms with Crippen molar-refractivity contribution in [3.8, 4) is 0 Å². The zero-order valence-electron chi connectivity index (χ0n) is 11.1. The minimum Gasteiger partial charge on any atom is -0.207 e. The van der Waals surface area contributed by atoms with E-state index in [-0.39, 0.29) is 11.4 Å². The van der Waals surface area contributed by atoms with Crippen LogP contribution >= 0.6 is 39.1 Å². The van der Waals surface area contributed by atoms with Crippen LogP contribution in [-0.2, 0) is 16.6 Å². The highest BCUT2D eigenvalue weighted by Gasteiger charge is 2.21. The number of benzene rings is 2. The highest BCUT2D eigenvalue weighted by Crippen LogP contribution is 2.27. The van der Waals surface area contributed by atoms with Gasteiger partial charge in [0, 0.05) is 23.1 Å². The van der Waals surface area contributed by atoms with Gasteiger partial charge in [0.15, 0.2) is 0 Å². The molecular formula is C14H12BrCl2NO2S. The quantitative estimate of drug-likeness (QED) is 0.742. The van der Waals surface area contributed by atoms with Crippen molar-refractivity contribution in [2.24, 2.45) is 0 Å². The molecule has 0 N–H and O–H groups in total. The third-order valence-electron chi connectivity index (χ3n) is 2.92. The van der Waals surface area contributed by atoms with Crippen molar-refractivity contribution in [1.29, 1.82) is 0 Å². The maximum atomic E-state index is 12.5. The van der Waals surface area contributed by atoms with E-state index in [9.17, 15) is 8.42 Å². The number of halogens is 3. The molecule has 0 heterocycles. The molecule has 0 atom stereocenters. The van der Waals surface area contributed by atoms with E-state index in [2.05, 4.69) is 15.9 Å². The molecule has 0 bridgehead atoms. The van der Waals surface area contributed by atoms with Gasteiger partial charge in [-0.15, -0.1) is 0 Å². The van der Waals surface area contributed by atoms with Gasteiger partial charge >= 0.3 is 0 Å². The maximum absolute atomic E-state index is 12.5. The first kappa shape index (κ1) is 16.8. The molecule has 0 aromatic heterocycles. The van der Waals surface area contributed by atoms with E-state index in [0.29, 0.717) is 14.5 Å². The fourth-order valence-corrected chi connectivity index (χ4v) is 3.71. The van der Waals surface area contributed by atoms with Gasteiger partial charge in [-0.25, -0.2) is 8.42 Å². The lowest BCUT2D eigenvalue weighted by Crippen LogP contribution is -2.26. The summed E-state index contributed by atoms with van der Waals surface area (Å²) < 4.78 is 26.8. The predicted molar refractivity (Wildman–Crippen MR) is 89.3 cm³/mol. The zero-order valence-corrected chi connectivity index (χ0v) is 15.0. The van der Waals surface area contributed by atoms with Crippen molar-refractivity contribution in [3.63, 3.8) is 0 Å². The second-order valence-corrected chi connectivity index (χ2v) is 8.21. The summed E-state index contributed by atoms with van der Waals surface area (Å²) in [5.74, 6) is 0. The first-order valence-corrected chi connectivity index (χ1v) is 8.95. The molecule has 2 aromatic carbocycles. The Labute approximate surface area is 142 Å². The maximum Gasteiger partial charge on any atom is 0.243 e. The normalized spacial score (nSPS) is 11.9. The van der Waals surface area contributed by atoms with E-state index in [1.54, 1.807) is 30.3 Å². The van der Waals surface area contributed by atoms with E-state index >= 15 is 0 Å². The van der Waals surface area contributed by atoms with Crippen molar-refractivity contribution >= 4 is 49.2 Å². The first-order valence-electron chi connectivity index (χ1n) is 5.96. The lowest BCUT2D eigenvalue weighted by molar-refractivity contribution is 0.466. The molecule has 2 aromatic rings. The highest BCUT2D eigenvalue weighted by atomic mass is 79.9. The third kappa shape index (κ3) is 3.99. The molecule has 0 unspecified atom stereocenters. The zero-order chi connectivity index (χ0) is 15.6. The fourth-order valence-electron chi connectivity index (χ4n) is 1.75. The number of hydrogen-bond donors (Lipinski definition) is 0. The largest absolute Gasteiger partial charge is 0.243 e. The van der Waals surface area contributed by atoms with Crippen LogP contribution in [0.25, 0.3) is 0 Å². The van der Waals surface area contributed by atoms with Crippen LogP contribution in [-0.4, -0.2) is 19.8 Å². The summed E-state index contributed by atoms with van der Waals surface area (Å²) in [6.07, 6.45) is 0. The summed E-state index contributed by atoms with van der Waals surface area (Å²) in [7, 11) is -2.04. The Hall–Kier alpha value is -0.590. The molecule has 0 amide bonds. The molecule has 0 radical (unpaired) electrons. The van der Waals surface area contributed by atoms with Gasteiger partial charge in [0.1, 0.15) is 0 Å². The molecule has 0 aliphatic heterocycles. The average molecular weight is 409 g/mol. The van der Waals surface area contributed by atoms with Gasteiger partial charge in [-0.2, -0.15) is 4.31 Å². The molecule has 0 fully saturated rings. The fraction of sp³-hybridized carbons (Fsp3) is 0.143. The van der Waals surface area contributed by atoms with Gasteiger partial charge in [-0.1, -0.05) is 35.3 Å². The van der Waals surface area contributed by atoms with E-state index in [4.69, 9.17) is 23.2 Å². The Kier molecular flexibility index (Phi) is 5.33. The van der Waals surface area contributed by atoms with Crippen molar-refractivity contribution < 1.29 is 8.42 Å². The second-order valence-electron chi connectivity index (χ2n) is 4.46. The molecule has 112 valence electrons. The minimum absolute atomic E-state index is 0.190. The third-order valence-corrected chi connectivity index (χ3v) is 6.18. The summed E-state index contributed by atoms with van der Waals surface area (Å²) in [5.41, 5.74) is 0.860. The van der Waals surface area contributed by atoms with Crippen LogP contribution in [0.15, 0.2) is 51.8 Å². The van der Waals surface area contributed by atoms with E-state index in [1.807, 2.05) is 0 Å². The molecule has 21 heavy (non-hydrogen) atoms. The summed E-state index contributed by atoms with van der Waals surface area (Å²) in [6, 6.07) is 11.6. The van der Waals surface area contributed by atoms with Gasteiger partial charge < -0.3 is 0 Å². The average Bonchev–Trinajstić information content (AvgIpc) is 2.44. The number of nitrogens with zero attached hydrogens (tertiary/aromatic N) is 1. The minimum atomic E-state index is -3.57. The van der Waals surface area contributed by atoms with E-state index < -0.39 is 10.0 Å². The van der Waals surface area contributed by atoms with Crippen LogP contribution in [0.4, 0.5) is 0 Å². The van der Waals surface area contributed by atoms with Crippen molar-refractivity contribution in [3.05, 3.63) is 62.5 Å². The van der Waals surface area contributed by atoms with Crippen LogP contribution in [0.3, 0.4) is 0 Å². The first-order chi connectivity index (χ1) is 9.80. The molecular weight excluding hydrogens is 397 g/mol. The van der Waals surface area contributed by atoms with Gasteiger partial charge in [0.2, 0.25) is 10.0 Å². The van der Waals surface area contributed by atoms with E-state index in [0.717, 1.165) is 5.56 Å². The summed E-state index contributed by atoms with van der Waals surface area (Å²) >= 11 is 14.9. The van der Waals surface area contributed by atoms with Crippen LogP contribution in [0.1, 0.15) is 5.56 Å². The summed E-state index contributed by atoms with van der Waals surface area (Å²) in [6.45, 7) is 0.264. The summed E-state index contributed by atoms with van der Waals surface area (Å²) in [5, 5.41) is 1.08. The molecule has 0 aliphatic rings. The van der Waals surface area contributed by atoms with Crippen LogP contribution in [0, 0.1) is 0 Å². The predicted octanol–water partition coefficient (Wildman–Crippen LogP) is 4.58. The standard InChI is InChI=1S/C14H12BrCl2NO2S/c1-18(9-10-2-4-11(16)5-3-10)21(19,20)12-6-7-14(17)13(15)8-12/h2-8H,9H2,1H3. The lowest BCUT2D eigenvalue weighted by atomic mass is 10.2. The van der Waals surface area contributed by atoms with Gasteiger partial charge in [-0.3, -0.25) is 0 Å². The SMILES string of the molecule is CN(Cc1ccc(Cl)cc1)S(=O)(=O)c1ccc(Cl)c(Br)c1. The Bertz CT molecular complexity index is 748. The topological polar surface area (TPSA) is 37.4 Å². The number of rotatable bonds is 4. The van der Waals surface area contributed by atoms with Crippen molar-refractivity contribution in [1.82, 2.24) is 4.31 Å². The monoisotopic (exact) mass is 407 g/mol. The van der Waals surface area contributed by atoms with Crippen LogP contribution in [0.2, 0.25) is 10.0 Å². The van der Waals surface area contributed by atoms with Crippen LogP contribution in [0.5, 0.6) is 0 Å². The number of hydrogen-bond acceptors (Lipinski definition) is 2. The van der Waals surface area contributed by atoms with Gasteiger partial charge in [-0.05, 0) is 51.8 Å². The Morgan fingerprint density at radius 2 is 1.71 bits per heavy atom. The van der Waals surface area contributed by atoms with Crippen molar-refractivity contribution in [2.45, 2.75) is 11.4 Å². The van der Waals surface area contributed by atoms with Crippen molar-refractivity contribution in [2.75, 3.05) is 7.05 Å². The van der Waals surface area contributed by atoms with Gasteiger partial charge in [0.25, 0.3) is 0 Å². The molecule has 7 heteroatoms. The van der Waals surface area contributed by atoms with E-state index in [1.165, 1.54) is 23.5 Å². The Morgan fingerprint density at radius 3 is 2.29 bits per heavy atom. The lowest BCUT2D eigenvalue weighted by Gasteiger charge is -2.17. The molecule has 0 saturated heterocycles. The molecule has 3 nitrogen and oxygen atoms in total. The molecule has 2 rings (SSSR count). The molecule has 0 saturated carbocycles. The molecule has 0 spiro atoms. The van der Waals surface area contributed by atoms with Gasteiger partial charge in [0.05, 0.1) is 9.92 Å².